The third kappa shape index (κ3) is 5.30. The Kier molecular flexibility index (Phi) is 8.49. The number of carboxylic acids is 1. The Morgan fingerprint density at radius 3 is 2.69 bits per heavy atom. The zero-order valence-electron chi connectivity index (χ0n) is 17.9. The minimum Gasteiger partial charge on any atom is -0.498 e. The van der Waals surface area contributed by atoms with Gasteiger partial charge >= 0.3 is 5.97 Å². The molecule has 1 saturated carbocycles. The van der Waals surface area contributed by atoms with Crippen LogP contribution in [0.2, 0.25) is 0 Å². The van der Waals surface area contributed by atoms with Gasteiger partial charge < -0.3 is 20.1 Å². The first-order valence-electron chi connectivity index (χ1n) is 10.4. The van der Waals surface area contributed by atoms with Crippen LogP contribution in [0.4, 0.5) is 0 Å². The van der Waals surface area contributed by atoms with Crippen molar-refractivity contribution in [2.75, 3.05) is 7.11 Å². The number of methoxy groups -OCH3 is 1. The average Bonchev–Trinajstić information content (AvgIpc) is 3.22. The Balaban J connectivity index is 2.46. The molecule has 0 amide bonds. The normalized spacial score (nSPS) is 26.6. The molecule has 0 spiro atoms. The molecule has 1 unspecified atom stereocenters. The summed E-state index contributed by atoms with van der Waals surface area (Å²) in [6, 6.07) is 2.08. The second-order valence-corrected chi connectivity index (χ2v) is 8.98. The fourth-order valence-electron chi connectivity index (χ4n) is 4.33. The number of aliphatic hydroxyl groups excluding tert-OH is 1. The van der Waals surface area contributed by atoms with E-state index in [1.807, 2.05) is 18.4 Å². The molecule has 1 aromatic rings. The number of rotatable bonds is 10. The minimum absolute atomic E-state index is 0.0518. The molecule has 1 heterocycles. The van der Waals surface area contributed by atoms with Gasteiger partial charge in [0.15, 0.2) is 0 Å². The largest absolute Gasteiger partial charge is 0.498 e. The van der Waals surface area contributed by atoms with Crippen molar-refractivity contribution in [2.24, 2.45) is 5.92 Å². The van der Waals surface area contributed by atoms with E-state index >= 15 is 0 Å². The summed E-state index contributed by atoms with van der Waals surface area (Å²) in [5.41, 5.74) is -0.190. The first-order valence-corrected chi connectivity index (χ1v) is 11.3. The van der Waals surface area contributed by atoms with Crippen LogP contribution in [0.15, 0.2) is 34.9 Å². The van der Waals surface area contributed by atoms with E-state index in [2.05, 4.69) is 19.9 Å². The summed E-state index contributed by atoms with van der Waals surface area (Å²) in [7, 11) is 1.50. The molecule has 0 aliphatic heterocycles. The van der Waals surface area contributed by atoms with Crippen molar-refractivity contribution in [1.82, 2.24) is 0 Å². The first kappa shape index (κ1) is 23.6. The van der Waals surface area contributed by atoms with Gasteiger partial charge in [0.05, 0.1) is 13.2 Å². The molecule has 0 bridgehead atoms. The van der Waals surface area contributed by atoms with Crippen molar-refractivity contribution in [3.05, 3.63) is 45.4 Å². The van der Waals surface area contributed by atoms with Crippen LogP contribution in [0.25, 0.3) is 0 Å². The van der Waals surface area contributed by atoms with E-state index in [0.29, 0.717) is 12.2 Å². The summed E-state index contributed by atoms with van der Waals surface area (Å²) < 4.78 is 5.62. The maximum absolute atomic E-state index is 12.0. The molecule has 0 aromatic carbocycles. The number of hydrogen-bond acceptors (Lipinski definition) is 5. The average molecular weight is 423 g/mol. The van der Waals surface area contributed by atoms with Gasteiger partial charge in [-0.1, -0.05) is 32.8 Å². The van der Waals surface area contributed by atoms with E-state index in [9.17, 15) is 20.1 Å². The molecule has 0 saturated heterocycles. The van der Waals surface area contributed by atoms with Gasteiger partial charge in [-0.2, -0.15) is 0 Å². The topological polar surface area (TPSA) is 87.0 Å². The Morgan fingerprint density at radius 1 is 1.45 bits per heavy atom. The van der Waals surface area contributed by atoms with Crippen molar-refractivity contribution >= 4 is 17.3 Å². The fraction of sp³-hybridized carbons (Fsp3) is 0.609. The zero-order chi connectivity index (χ0) is 21.6. The Labute approximate surface area is 177 Å². The molecule has 1 aromatic heterocycles. The van der Waals surface area contributed by atoms with E-state index in [0.717, 1.165) is 19.3 Å². The molecule has 29 heavy (non-hydrogen) atoms. The number of carbonyl (C=O) groups is 1. The summed E-state index contributed by atoms with van der Waals surface area (Å²) >= 11 is 1.68. The van der Waals surface area contributed by atoms with Gasteiger partial charge in [-0.15, -0.1) is 11.3 Å². The molecule has 1 aliphatic rings. The van der Waals surface area contributed by atoms with E-state index in [4.69, 9.17) is 4.74 Å². The maximum atomic E-state index is 12.0. The van der Waals surface area contributed by atoms with E-state index in [1.54, 1.807) is 17.4 Å². The highest BCUT2D eigenvalue weighted by Crippen LogP contribution is 2.46. The zero-order valence-corrected chi connectivity index (χ0v) is 18.7. The van der Waals surface area contributed by atoms with Crippen LogP contribution in [0.3, 0.4) is 0 Å². The predicted octanol–water partition coefficient (Wildman–Crippen LogP) is 4.78. The molecule has 4 atom stereocenters. The quantitative estimate of drug-likeness (QED) is 0.287. The number of hydrogen-bond donors (Lipinski definition) is 3. The van der Waals surface area contributed by atoms with Crippen molar-refractivity contribution < 1.29 is 24.9 Å². The molecular weight excluding hydrogens is 388 g/mol. The van der Waals surface area contributed by atoms with Gasteiger partial charge in [0, 0.05) is 28.7 Å². The summed E-state index contributed by atoms with van der Waals surface area (Å²) in [5, 5.41) is 33.8. The molecule has 162 valence electrons. The molecule has 1 fully saturated rings. The number of carboxylic acid groups (broad SMARTS) is 1. The lowest BCUT2D eigenvalue weighted by Gasteiger charge is -2.32. The second-order valence-electron chi connectivity index (χ2n) is 7.86. The fourth-order valence-corrected chi connectivity index (χ4v) is 5.10. The first-order chi connectivity index (χ1) is 13.8. The Morgan fingerprint density at radius 2 is 2.17 bits per heavy atom. The summed E-state index contributed by atoms with van der Waals surface area (Å²) in [6.07, 6.45) is 6.41. The van der Waals surface area contributed by atoms with Crippen LogP contribution in [-0.4, -0.2) is 40.1 Å². The summed E-state index contributed by atoms with van der Waals surface area (Å²) in [5.74, 6) is -1.36. The van der Waals surface area contributed by atoms with Gasteiger partial charge in [-0.3, -0.25) is 0 Å². The van der Waals surface area contributed by atoms with Gasteiger partial charge in [0.2, 0.25) is 0 Å². The third-order valence-electron chi connectivity index (χ3n) is 5.91. The van der Waals surface area contributed by atoms with Gasteiger partial charge in [-0.05, 0) is 49.3 Å². The number of aryl methyl sites for hydroxylation is 1. The number of aliphatic hydroxyl groups is 2. The summed E-state index contributed by atoms with van der Waals surface area (Å²) in [4.78, 5) is 13.2. The predicted molar refractivity (Wildman–Crippen MR) is 116 cm³/mol. The highest BCUT2D eigenvalue weighted by molar-refractivity contribution is 7.10. The van der Waals surface area contributed by atoms with Crippen molar-refractivity contribution in [3.8, 4) is 0 Å². The molecule has 6 heteroatoms. The molecule has 0 radical (unpaired) electrons. The SMILES string of the molecule is CCCCC=C(C(=O)O)C1C[C@@H](O)C[C@]1(O)/C(=C\[C@H](CC)c1ccsc1C)OC. The number of unbranched alkanes of at least 4 members (excludes halogenated alkanes) is 2. The number of aliphatic carboxylic acids is 1. The monoisotopic (exact) mass is 422 g/mol. The smallest absolute Gasteiger partial charge is 0.331 e. The Hall–Kier alpha value is -1.63. The van der Waals surface area contributed by atoms with Crippen LogP contribution in [0.1, 0.15) is 68.7 Å². The van der Waals surface area contributed by atoms with Gasteiger partial charge in [0.1, 0.15) is 11.4 Å². The van der Waals surface area contributed by atoms with Gasteiger partial charge in [0.25, 0.3) is 0 Å². The van der Waals surface area contributed by atoms with Crippen LogP contribution >= 0.6 is 11.3 Å². The Bertz CT molecular complexity index is 750. The highest BCUT2D eigenvalue weighted by atomic mass is 32.1. The third-order valence-corrected chi connectivity index (χ3v) is 6.77. The highest BCUT2D eigenvalue weighted by Gasteiger charge is 2.52. The van der Waals surface area contributed by atoms with Crippen molar-refractivity contribution in [1.29, 1.82) is 0 Å². The molecule has 2 rings (SSSR count). The van der Waals surface area contributed by atoms with Crippen LogP contribution in [0.5, 0.6) is 0 Å². The van der Waals surface area contributed by atoms with Crippen molar-refractivity contribution in [2.45, 2.75) is 76.9 Å². The van der Waals surface area contributed by atoms with Crippen LogP contribution in [-0.2, 0) is 9.53 Å². The van der Waals surface area contributed by atoms with Gasteiger partial charge in [-0.25, -0.2) is 4.79 Å². The second kappa shape index (κ2) is 10.4. The van der Waals surface area contributed by atoms with Crippen molar-refractivity contribution in [3.63, 3.8) is 0 Å². The molecule has 1 aliphatic carbocycles. The molecule has 5 nitrogen and oxygen atoms in total. The lowest BCUT2D eigenvalue weighted by Crippen LogP contribution is -2.39. The minimum atomic E-state index is -1.54. The number of allylic oxidation sites excluding steroid dienone is 2. The maximum Gasteiger partial charge on any atom is 0.331 e. The number of thiophene rings is 1. The molecule has 3 N–H and O–H groups in total. The summed E-state index contributed by atoms with van der Waals surface area (Å²) in [6.45, 7) is 6.19. The van der Waals surface area contributed by atoms with E-state index in [1.165, 1.54) is 17.6 Å². The lowest BCUT2D eigenvalue weighted by atomic mass is 9.80. The van der Waals surface area contributed by atoms with E-state index in [-0.39, 0.29) is 24.3 Å². The van der Waals surface area contributed by atoms with E-state index < -0.39 is 23.6 Å². The number of ether oxygens (including phenoxy) is 1. The lowest BCUT2D eigenvalue weighted by molar-refractivity contribution is -0.134. The standard InChI is InChI=1S/C23H34O5S/c1-5-7-8-9-19(22(25)26)20-13-17(24)14-23(20,27)21(28-4)12-16(6-2)18-10-11-29-15(18)3/h9-12,16-17,20,24,27H,5-8,13-14H2,1-4H3,(H,25,26)/b19-9?,21-12+/t16-,17+,20?,23+/m0/s1. The van der Waals surface area contributed by atoms with Crippen LogP contribution < -0.4 is 0 Å². The molecular formula is C23H34O5S. The van der Waals surface area contributed by atoms with Crippen LogP contribution in [0, 0.1) is 12.8 Å².